The van der Waals surface area contributed by atoms with Gasteiger partial charge >= 0.3 is 0 Å². The number of carbonyl (C=O) groups excluding carboxylic acids is 2. The van der Waals surface area contributed by atoms with Crippen molar-refractivity contribution >= 4 is 55.5 Å². The molecule has 1 aromatic carbocycles. The molecule has 0 saturated carbocycles. The second-order valence-corrected chi connectivity index (χ2v) is 12.6. The number of thiazole rings is 1. The molecule has 2 amide bonds. The van der Waals surface area contributed by atoms with Gasteiger partial charge in [0.2, 0.25) is 0 Å². The highest BCUT2D eigenvalue weighted by molar-refractivity contribution is 7.22. The Morgan fingerprint density at radius 1 is 1.15 bits per heavy atom. The normalized spacial score (nSPS) is 12.8. The van der Waals surface area contributed by atoms with Gasteiger partial charge in [-0.3, -0.25) is 14.0 Å². The number of carbonyl (C=O) groups is 2. The lowest BCUT2D eigenvalue weighted by molar-refractivity contribution is 0.0280. The fourth-order valence-electron chi connectivity index (χ4n) is 4.66. The van der Waals surface area contributed by atoms with E-state index in [0.717, 1.165) is 21.3 Å². The van der Waals surface area contributed by atoms with Crippen molar-refractivity contribution in [3.63, 3.8) is 0 Å². The van der Waals surface area contributed by atoms with E-state index in [2.05, 4.69) is 15.6 Å². The van der Waals surface area contributed by atoms with E-state index in [-0.39, 0.29) is 17.7 Å². The summed E-state index contributed by atoms with van der Waals surface area (Å²) in [6, 6.07) is 10.6. The molecule has 0 spiro atoms. The zero-order chi connectivity index (χ0) is 28.6. The van der Waals surface area contributed by atoms with Crippen molar-refractivity contribution in [3.8, 4) is 11.3 Å². The lowest BCUT2D eigenvalue weighted by Crippen LogP contribution is -2.50. The van der Waals surface area contributed by atoms with Crippen LogP contribution >= 0.6 is 22.7 Å². The highest BCUT2D eigenvalue weighted by Gasteiger charge is 2.32. The number of hydrogen-bond donors (Lipinski definition) is 4. The smallest absolute Gasteiger partial charge is 0.270 e. The second kappa shape index (κ2) is 11.0. The van der Waals surface area contributed by atoms with Gasteiger partial charge in [-0.2, -0.15) is 11.3 Å². The van der Waals surface area contributed by atoms with Crippen LogP contribution in [0.25, 0.3) is 27.1 Å². The van der Waals surface area contributed by atoms with Crippen molar-refractivity contribution < 1.29 is 14.7 Å². The van der Waals surface area contributed by atoms with Crippen molar-refractivity contribution in [1.29, 1.82) is 0 Å². The number of anilines is 1. The third-order valence-electron chi connectivity index (χ3n) is 6.69. The Hall–Kier alpha value is -3.80. The van der Waals surface area contributed by atoms with Crippen LogP contribution in [0, 0.1) is 5.92 Å². The SMILES string of the molecule is CC(C)C[C@H](NC(=O)c1c(-c2ccsc2)nc2c(C(=O)NCc3ccc4nc(N)sc4c3)cccn12)C(C)(C)O. The molecule has 0 fully saturated rings. The van der Waals surface area contributed by atoms with Crippen LogP contribution in [-0.4, -0.2) is 42.9 Å². The van der Waals surface area contributed by atoms with Gasteiger partial charge in [-0.25, -0.2) is 9.97 Å². The van der Waals surface area contributed by atoms with E-state index in [1.165, 1.54) is 22.7 Å². The van der Waals surface area contributed by atoms with E-state index in [1.807, 2.05) is 48.9 Å². The summed E-state index contributed by atoms with van der Waals surface area (Å²) in [4.78, 5) is 36.2. The molecular formula is C29H32N6O3S2. The standard InChI is InChI=1S/C29H32N6O3S2/c1-16(2)12-22(29(3,4)38)33-27(37)24-23(18-9-11-39-15-18)34-25-19(6-5-10-35(24)25)26(36)31-14-17-7-8-20-21(13-17)40-28(30)32-20/h5-11,13,15-16,22,38H,12,14H2,1-4H3,(H2,30,32)(H,31,36)(H,33,37)/t22-/m0/s1. The largest absolute Gasteiger partial charge is 0.388 e. The number of nitrogens with two attached hydrogens (primary N) is 1. The first kappa shape index (κ1) is 27.8. The molecular weight excluding hydrogens is 544 g/mol. The lowest BCUT2D eigenvalue weighted by atomic mass is 9.90. The minimum atomic E-state index is -1.12. The van der Waals surface area contributed by atoms with E-state index in [9.17, 15) is 14.7 Å². The summed E-state index contributed by atoms with van der Waals surface area (Å²) in [6.07, 6.45) is 2.33. The molecule has 0 bridgehead atoms. The zero-order valence-corrected chi connectivity index (χ0v) is 24.4. The van der Waals surface area contributed by atoms with Gasteiger partial charge < -0.3 is 21.5 Å². The summed E-state index contributed by atoms with van der Waals surface area (Å²) in [5, 5.41) is 21.1. The molecule has 5 aromatic rings. The summed E-state index contributed by atoms with van der Waals surface area (Å²) in [6.45, 7) is 7.79. The topological polar surface area (TPSA) is 135 Å². The number of amides is 2. The third kappa shape index (κ3) is 5.72. The first-order valence-corrected chi connectivity index (χ1v) is 14.8. The van der Waals surface area contributed by atoms with Crippen LogP contribution in [-0.2, 0) is 6.54 Å². The molecule has 11 heteroatoms. The van der Waals surface area contributed by atoms with Gasteiger partial charge in [0.15, 0.2) is 10.8 Å². The molecule has 40 heavy (non-hydrogen) atoms. The minimum Gasteiger partial charge on any atom is -0.388 e. The molecule has 0 aliphatic heterocycles. The van der Waals surface area contributed by atoms with E-state index in [0.29, 0.717) is 40.7 Å². The molecule has 0 radical (unpaired) electrons. The van der Waals surface area contributed by atoms with E-state index >= 15 is 0 Å². The summed E-state index contributed by atoms with van der Waals surface area (Å²) in [5.74, 6) is -0.409. The number of nitrogen functional groups attached to an aromatic ring is 1. The van der Waals surface area contributed by atoms with Crippen LogP contribution in [0.5, 0.6) is 0 Å². The van der Waals surface area contributed by atoms with Gasteiger partial charge in [0.1, 0.15) is 11.4 Å². The van der Waals surface area contributed by atoms with Crippen molar-refractivity contribution in [2.75, 3.05) is 5.73 Å². The molecule has 4 aromatic heterocycles. The number of hydrogen-bond acceptors (Lipinski definition) is 8. The highest BCUT2D eigenvalue weighted by Crippen LogP contribution is 2.29. The Balaban J connectivity index is 1.48. The van der Waals surface area contributed by atoms with Crippen molar-refractivity contribution in [3.05, 3.63) is 70.2 Å². The molecule has 4 heterocycles. The number of nitrogens with one attached hydrogen (secondary N) is 2. The zero-order valence-electron chi connectivity index (χ0n) is 22.8. The number of rotatable bonds is 9. The summed E-state index contributed by atoms with van der Waals surface area (Å²) >= 11 is 2.90. The number of fused-ring (bicyclic) bond motifs is 2. The third-order valence-corrected chi connectivity index (χ3v) is 8.22. The molecule has 9 nitrogen and oxygen atoms in total. The molecule has 208 valence electrons. The maximum atomic E-state index is 13.8. The van der Waals surface area contributed by atoms with Crippen molar-refractivity contribution in [2.45, 2.75) is 52.3 Å². The number of pyridine rings is 1. The van der Waals surface area contributed by atoms with E-state index in [4.69, 9.17) is 10.7 Å². The van der Waals surface area contributed by atoms with Crippen LogP contribution < -0.4 is 16.4 Å². The van der Waals surface area contributed by atoms with Crippen molar-refractivity contribution in [2.24, 2.45) is 5.92 Å². The minimum absolute atomic E-state index is 0.264. The van der Waals surface area contributed by atoms with Crippen LogP contribution in [0.1, 0.15) is 60.5 Å². The van der Waals surface area contributed by atoms with Gasteiger partial charge in [0, 0.05) is 23.7 Å². The number of aromatic nitrogens is 3. The van der Waals surface area contributed by atoms with Crippen LogP contribution in [0.2, 0.25) is 0 Å². The van der Waals surface area contributed by atoms with E-state index in [1.54, 1.807) is 36.6 Å². The Morgan fingerprint density at radius 2 is 1.95 bits per heavy atom. The van der Waals surface area contributed by atoms with E-state index < -0.39 is 11.6 Å². The number of thiophene rings is 1. The number of benzene rings is 1. The molecule has 0 aliphatic rings. The molecule has 0 aliphatic carbocycles. The van der Waals surface area contributed by atoms with Gasteiger partial charge in [-0.15, -0.1) is 0 Å². The fourth-order valence-corrected chi connectivity index (χ4v) is 6.10. The first-order valence-electron chi connectivity index (χ1n) is 13.0. The predicted molar refractivity (Wildman–Crippen MR) is 161 cm³/mol. The first-order chi connectivity index (χ1) is 19.0. The monoisotopic (exact) mass is 576 g/mol. The number of aliphatic hydroxyl groups is 1. The Morgan fingerprint density at radius 3 is 2.65 bits per heavy atom. The fraction of sp³-hybridized carbons (Fsp3) is 0.310. The Bertz CT molecular complexity index is 1680. The maximum Gasteiger partial charge on any atom is 0.270 e. The average molecular weight is 577 g/mol. The molecule has 5 rings (SSSR count). The van der Waals surface area contributed by atoms with Gasteiger partial charge in [0.05, 0.1) is 27.4 Å². The summed E-state index contributed by atoms with van der Waals surface area (Å²) in [5.41, 5.74) is 8.74. The Labute approximate surface area is 240 Å². The number of nitrogens with zero attached hydrogens (tertiary/aromatic N) is 3. The quantitative estimate of drug-likeness (QED) is 0.193. The molecule has 0 saturated heterocycles. The maximum absolute atomic E-state index is 13.8. The van der Waals surface area contributed by atoms with Gasteiger partial charge in [0.25, 0.3) is 11.8 Å². The van der Waals surface area contributed by atoms with Crippen molar-refractivity contribution in [1.82, 2.24) is 25.0 Å². The molecule has 1 atom stereocenters. The molecule has 5 N–H and O–H groups in total. The molecule has 0 unspecified atom stereocenters. The van der Waals surface area contributed by atoms with Crippen LogP contribution in [0.15, 0.2) is 53.4 Å². The summed E-state index contributed by atoms with van der Waals surface area (Å²) in [7, 11) is 0. The Kier molecular flexibility index (Phi) is 7.63. The van der Waals surface area contributed by atoms with Gasteiger partial charge in [-0.1, -0.05) is 31.3 Å². The van der Waals surface area contributed by atoms with Crippen LogP contribution in [0.3, 0.4) is 0 Å². The van der Waals surface area contributed by atoms with Gasteiger partial charge in [-0.05, 0) is 67.5 Å². The average Bonchev–Trinajstić information content (AvgIpc) is 3.62. The lowest BCUT2D eigenvalue weighted by Gasteiger charge is -2.31. The predicted octanol–water partition coefficient (Wildman–Crippen LogP) is 5.10. The number of imidazole rings is 1. The van der Waals surface area contributed by atoms with Crippen LogP contribution in [0.4, 0.5) is 5.13 Å². The second-order valence-electron chi connectivity index (χ2n) is 10.8. The summed E-state index contributed by atoms with van der Waals surface area (Å²) < 4.78 is 2.61. The highest BCUT2D eigenvalue weighted by atomic mass is 32.1.